The van der Waals surface area contributed by atoms with Crippen LogP contribution in [0.15, 0.2) is 0 Å². The van der Waals surface area contributed by atoms with E-state index in [1.165, 1.54) is 0 Å². The fourth-order valence-corrected chi connectivity index (χ4v) is 0. The zero-order valence-corrected chi connectivity index (χ0v) is 8.84. The van der Waals surface area contributed by atoms with E-state index in [9.17, 15) is 0 Å². The minimum atomic E-state index is 0. The summed E-state index contributed by atoms with van der Waals surface area (Å²) in [7, 11) is 1.64. The molecule has 0 aromatic rings. The van der Waals surface area contributed by atoms with Crippen LogP contribution in [-0.2, 0) is 0 Å². The first kappa shape index (κ1) is 8.95. The van der Waals surface area contributed by atoms with E-state index in [4.69, 9.17) is 11.8 Å². The molecule has 0 unspecified atom stereocenters. The summed E-state index contributed by atoms with van der Waals surface area (Å²) >= 11 is 4.75. The SMILES string of the molecule is CNCl.[PbH2]. The van der Waals surface area contributed by atoms with Gasteiger partial charge in [0.25, 0.3) is 0 Å². The maximum atomic E-state index is 4.75. The van der Waals surface area contributed by atoms with Gasteiger partial charge in [0, 0.05) is 0 Å². The number of hydrogen-bond acceptors (Lipinski definition) is 1. The molecule has 0 atom stereocenters. The van der Waals surface area contributed by atoms with Crippen LogP contribution in [0.5, 0.6) is 0 Å². The zero-order chi connectivity index (χ0) is 2.71. The monoisotopic (exact) mass is 275 g/mol. The topological polar surface area (TPSA) is 12.0 Å². The van der Waals surface area contributed by atoms with E-state index >= 15 is 0 Å². The van der Waals surface area contributed by atoms with Crippen LogP contribution in [-0.4, -0.2) is 34.3 Å². The molecule has 0 rings (SSSR count). The standard InChI is InChI=1S/CH4ClN.Pb.2H/c1-3-2;;;/h3H,1H3;;;. The second-order valence-electron chi connectivity index (χ2n) is 0.189. The van der Waals surface area contributed by atoms with Gasteiger partial charge in [0.05, 0.1) is 0 Å². The number of rotatable bonds is 0. The van der Waals surface area contributed by atoms with E-state index in [-0.39, 0.29) is 27.3 Å². The van der Waals surface area contributed by atoms with Crippen LogP contribution in [0, 0.1) is 0 Å². The van der Waals surface area contributed by atoms with Crippen molar-refractivity contribution in [1.82, 2.24) is 4.84 Å². The predicted octanol–water partition coefficient (Wildman–Crippen LogP) is -0.557. The molecular weight excluding hydrogens is 269 g/mol. The number of halogens is 1. The first-order valence-corrected chi connectivity index (χ1v) is 1.07. The van der Waals surface area contributed by atoms with Crippen molar-refractivity contribution in [2.75, 3.05) is 7.05 Å². The quantitative estimate of drug-likeness (QED) is 0.461. The molecule has 0 fully saturated rings. The van der Waals surface area contributed by atoms with E-state index in [1.54, 1.807) is 7.05 Å². The van der Waals surface area contributed by atoms with Crippen molar-refractivity contribution in [3.05, 3.63) is 0 Å². The van der Waals surface area contributed by atoms with Gasteiger partial charge in [-0.3, -0.25) is 0 Å². The van der Waals surface area contributed by atoms with Crippen LogP contribution >= 0.6 is 11.8 Å². The van der Waals surface area contributed by atoms with Crippen LogP contribution in [0.2, 0.25) is 0 Å². The Labute approximate surface area is 51.0 Å². The molecule has 0 aliphatic rings. The fraction of sp³-hybridized carbons (Fsp3) is 1.00. The third-order valence-corrected chi connectivity index (χ3v) is 0. The molecule has 0 aromatic carbocycles. The van der Waals surface area contributed by atoms with Crippen molar-refractivity contribution in [3.63, 3.8) is 0 Å². The molecule has 0 bridgehead atoms. The first-order valence-electron chi connectivity index (χ1n) is 0.689. The van der Waals surface area contributed by atoms with Crippen LogP contribution in [0.4, 0.5) is 0 Å². The van der Waals surface area contributed by atoms with Crippen molar-refractivity contribution in [3.8, 4) is 0 Å². The number of nitrogens with one attached hydrogen (secondary N) is 1. The Morgan fingerprint density at radius 3 is 1.75 bits per heavy atom. The summed E-state index contributed by atoms with van der Waals surface area (Å²) in [5.41, 5.74) is 0. The normalized spacial score (nSPS) is 4.50. The summed E-state index contributed by atoms with van der Waals surface area (Å²) in [6.07, 6.45) is 0. The average molecular weight is 275 g/mol. The average Bonchev–Trinajstić information content (AvgIpc) is 0.918. The molecule has 1 N–H and O–H groups in total. The van der Waals surface area contributed by atoms with E-state index < -0.39 is 0 Å². The molecule has 0 heterocycles. The van der Waals surface area contributed by atoms with Crippen molar-refractivity contribution < 1.29 is 0 Å². The van der Waals surface area contributed by atoms with E-state index in [0.717, 1.165) is 0 Å². The molecule has 0 aromatic heterocycles. The number of hydrogen-bond donors (Lipinski definition) is 1. The molecule has 0 spiro atoms. The van der Waals surface area contributed by atoms with Gasteiger partial charge < -0.3 is 0 Å². The van der Waals surface area contributed by atoms with E-state index in [1.807, 2.05) is 0 Å². The van der Waals surface area contributed by atoms with E-state index in [0.29, 0.717) is 0 Å². The maximum absolute atomic E-state index is 4.75. The van der Waals surface area contributed by atoms with Crippen LogP contribution in [0.25, 0.3) is 0 Å². The van der Waals surface area contributed by atoms with Gasteiger partial charge in [0.2, 0.25) is 0 Å². The Morgan fingerprint density at radius 2 is 1.75 bits per heavy atom. The Kier molecular flexibility index (Phi) is 19.9. The molecule has 3 heteroatoms. The second-order valence-corrected chi connectivity index (χ2v) is 0.567. The van der Waals surface area contributed by atoms with Gasteiger partial charge in [-0.1, -0.05) is 0 Å². The van der Waals surface area contributed by atoms with E-state index in [2.05, 4.69) is 4.84 Å². The van der Waals surface area contributed by atoms with Gasteiger partial charge in [-0.25, -0.2) is 4.84 Å². The molecule has 0 amide bonds. The van der Waals surface area contributed by atoms with Gasteiger partial charge in [-0.15, -0.1) is 0 Å². The van der Waals surface area contributed by atoms with Gasteiger partial charge in [-0.05, 0) is 18.8 Å². The van der Waals surface area contributed by atoms with Crippen LogP contribution in [0.1, 0.15) is 0 Å². The Balaban J connectivity index is 0. The molecule has 4 heavy (non-hydrogen) atoms. The Morgan fingerprint density at radius 1 is 1.75 bits per heavy atom. The summed E-state index contributed by atoms with van der Waals surface area (Å²) in [6, 6.07) is 0. The molecule has 1 nitrogen and oxygen atoms in total. The molecule has 0 saturated carbocycles. The Bertz CT molecular complexity index is 8.00. The van der Waals surface area contributed by atoms with Crippen molar-refractivity contribution in [2.45, 2.75) is 0 Å². The summed E-state index contributed by atoms with van der Waals surface area (Å²) < 4.78 is 0. The minimum absolute atomic E-state index is 0. The Hall–Kier alpha value is 1.17. The third kappa shape index (κ3) is 10.9. The molecule has 2 radical (unpaired) electrons. The molecule has 0 aliphatic heterocycles. The summed E-state index contributed by atoms with van der Waals surface area (Å²) in [5.74, 6) is 0. The van der Waals surface area contributed by atoms with Gasteiger partial charge >= 0.3 is 27.3 Å². The fourth-order valence-electron chi connectivity index (χ4n) is 0. The molecular formula is CH6ClNPb. The van der Waals surface area contributed by atoms with Gasteiger partial charge in [0.15, 0.2) is 0 Å². The zero-order valence-electron chi connectivity index (χ0n) is 2.59. The van der Waals surface area contributed by atoms with Gasteiger partial charge in [0.1, 0.15) is 0 Å². The summed E-state index contributed by atoms with van der Waals surface area (Å²) in [5, 5.41) is 0. The second kappa shape index (κ2) is 8.90. The summed E-state index contributed by atoms with van der Waals surface area (Å²) in [6.45, 7) is 0. The van der Waals surface area contributed by atoms with Crippen LogP contribution in [0.3, 0.4) is 0 Å². The first-order chi connectivity index (χ1) is 1.41. The summed E-state index contributed by atoms with van der Waals surface area (Å²) in [4.78, 5) is 2.22. The van der Waals surface area contributed by atoms with Crippen LogP contribution < -0.4 is 4.84 Å². The predicted molar refractivity (Wildman–Crippen MR) is 23.5 cm³/mol. The van der Waals surface area contributed by atoms with Gasteiger partial charge in [-0.2, -0.15) is 0 Å². The molecule has 0 aliphatic carbocycles. The van der Waals surface area contributed by atoms with Crippen molar-refractivity contribution >= 4 is 39.1 Å². The molecule has 26 valence electrons. The third-order valence-electron chi connectivity index (χ3n) is 0. The van der Waals surface area contributed by atoms with Crippen molar-refractivity contribution in [1.29, 1.82) is 0 Å². The van der Waals surface area contributed by atoms with Crippen molar-refractivity contribution in [2.24, 2.45) is 0 Å². The molecule has 0 saturated heterocycles.